The summed E-state index contributed by atoms with van der Waals surface area (Å²) in [5.74, 6) is 0.336. The molecule has 0 aromatic heterocycles. The predicted molar refractivity (Wildman–Crippen MR) is 71.3 cm³/mol. The van der Waals surface area contributed by atoms with E-state index in [2.05, 4.69) is 0 Å². The lowest BCUT2D eigenvalue weighted by atomic mass is 10.0. The van der Waals surface area contributed by atoms with Gasteiger partial charge in [-0.15, -0.1) is 0 Å². The molecule has 0 atom stereocenters. The van der Waals surface area contributed by atoms with E-state index in [1.807, 2.05) is 50.2 Å². The van der Waals surface area contributed by atoms with Crippen LogP contribution in [0.4, 0.5) is 4.39 Å². The molecular formula is C16H17FO. The molecule has 0 unspecified atom stereocenters. The van der Waals surface area contributed by atoms with Crippen LogP contribution in [0.2, 0.25) is 0 Å². The predicted octanol–water partition coefficient (Wildman–Crippen LogP) is 4.53. The summed E-state index contributed by atoms with van der Waals surface area (Å²) in [5, 5.41) is 0. The number of hydrogen-bond donors (Lipinski definition) is 0. The molecule has 0 fully saturated rings. The van der Waals surface area contributed by atoms with Crippen LogP contribution in [-0.4, -0.2) is 0 Å². The van der Waals surface area contributed by atoms with Gasteiger partial charge in [-0.2, -0.15) is 0 Å². The molecule has 0 amide bonds. The molecule has 0 radical (unpaired) electrons. The topological polar surface area (TPSA) is 9.23 Å². The molecule has 0 aliphatic carbocycles. The van der Waals surface area contributed by atoms with Crippen LogP contribution in [0.3, 0.4) is 0 Å². The van der Waals surface area contributed by atoms with E-state index in [1.54, 1.807) is 12.1 Å². The van der Waals surface area contributed by atoms with Gasteiger partial charge < -0.3 is 4.74 Å². The van der Waals surface area contributed by atoms with Crippen molar-refractivity contribution in [1.82, 2.24) is 0 Å². The van der Waals surface area contributed by atoms with Crippen molar-refractivity contribution in [3.8, 4) is 5.75 Å². The fraction of sp³-hybridized carbons (Fsp3) is 0.250. The maximum absolute atomic E-state index is 13.8. The molecule has 2 rings (SSSR count). The Morgan fingerprint density at radius 1 is 1.06 bits per heavy atom. The molecule has 0 heterocycles. The SMILES string of the molecule is CC(C)c1ccc(OCc2ccccc2)c(F)c1. The van der Waals surface area contributed by atoms with Crippen LogP contribution < -0.4 is 4.74 Å². The number of benzene rings is 2. The summed E-state index contributed by atoms with van der Waals surface area (Å²) < 4.78 is 19.3. The van der Waals surface area contributed by atoms with Gasteiger partial charge >= 0.3 is 0 Å². The van der Waals surface area contributed by atoms with Crippen molar-refractivity contribution in [2.75, 3.05) is 0 Å². The fourth-order valence-corrected chi connectivity index (χ4v) is 1.73. The van der Waals surface area contributed by atoms with E-state index in [0.29, 0.717) is 18.3 Å². The molecule has 0 bridgehead atoms. The standard InChI is InChI=1S/C16H17FO/c1-12(2)14-8-9-16(15(17)10-14)18-11-13-6-4-3-5-7-13/h3-10,12H,11H2,1-2H3. The van der Waals surface area contributed by atoms with Gasteiger partial charge in [-0.3, -0.25) is 0 Å². The van der Waals surface area contributed by atoms with Crippen molar-refractivity contribution in [3.63, 3.8) is 0 Å². The second-order valence-corrected chi connectivity index (χ2v) is 4.62. The second-order valence-electron chi connectivity index (χ2n) is 4.62. The highest BCUT2D eigenvalue weighted by atomic mass is 19.1. The van der Waals surface area contributed by atoms with Gasteiger partial charge in [-0.1, -0.05) is 50.2 Å². The minimum Gasteiger partial charge on any atom is -0.486 e. The van der Waals surface area contributed by atoms with Crippen molar-refractivity contribution in [2.24, 2.45) is 0 Å². The van der Waals surface area contributed by atoms with E-state index in [1.165, 1.54) is 0 Å². The summed E-state index contributed by atoms with van der Waals surface area (Å²) in [4.78, 5) is 0. The Morgan fingerprint density at radius 3 is 2.39 bits per heavy atom. The number of ether oxygens (including phenoxy) is 1. The monoisotopic (exact) mass is 244 g/mol. The zero-order chi connectivity index (χ0) is 13.0. The molecule has 18 heavy (non-hydrogen) atoms. The first-order valence-corrected chi connectivity index (χ1v) is 6.13. The van der Waals surface area contributed by atoms with Crippen LogP contribution in [0.25, 0.3) is 0 Å². The van der Waals surface area contributed by atoms with E-state index in [0.717, 1.165) is 11.1 Å². The largest absolute Gasteiger partial charge is 0.486 e. The molecule has 0 spiro atoms. The number of halogens is 1. The van der Waals surface area contributed by atoms with Gasteiger partial charge in [-0.25, -0.2) is 4.39 Å². The minimum atomic E-state index is -0.294. The summed E-state index contributed by atoms with van der Waals surface area (Å²) in [6.45, 7) is 4.47. The van der Waals surface area contributed by atoms with E-state index in [-0.39, 0.29) is 5.82 Å². The Hall–Kier alpha value is -1.83. The van der Waals surface area contributed by atoms with Gasteiger partial charge in [0.1, 0.15) is 6.61 Å². The smallest absolute Gasteiger partial charge is 0.165 e. The summed E-state index contributed by atoms with van der Waals surface area (Å²) in [6, 6.07) is 14.9. The van der Waals surface area contributed by atoms with Gasteiger partial charge in [-0.05, 0) is 29.2 Å². The number of rotatable bonds is 4. The van der Waals surface area contributed by atoms with Crippen molar-refractivity contribution >= 4 is 0 Å². The molecule has 1 nitrogen and oxygen atoms in total. The Morgan fingerprint density at radius 2 is 1.78 bits per heavy atom. The average molecular weight is 244 g/mol. The third kappa shape index (κ3) is 3.10. The zero-order valence-electron chi connectivity index (χ0n) is 10.7. The summed E-state index contributed by atoms with van der Waals surface area (Å²) in [7, 11) is 0. The molecule has 2 aromatic carbocycles. The summed E-state index contributed by atoms with van der Waals surface area (Å²) in [6.07, 6.45) is 0. The third-order valence-corrected chi connectivity index (χ3v) is 2.86. The number of hydrogen-bond acceptors (Lipinski definition) is 1. The Kier molecular flexibility index (Phi) is 3.98. The van der Waals surface area contributed by atoms with Crippen LogP contribution in [0.5, 0.6) is 5.75 Å². The molecule has 0 saturated carbocycles. The molecule has 0 aliphatic rings. The first-order valence-electron chi connectivity index (χ1n) is 6.13. The van der Waals surface area contributed by atoms with Crippen LogP contribution in [-0.2, 0) is 6.61 Å². The highest BCUT2D eigenvalue weighted by molar-refractivity contribution is 5.31. The molecule has 0 N–H and O–H groups in total. The quantitative estimate of drug-likeness (QED) is 0.767. The molecule has 2 aromatic rings. The van der Waals surface area contributed by atoms with Crippen LogP contribution in [0, 0.1) is 5.82 Å². The van der Waals surface area contributed by atoms with Crippen molar-refractivity contribution in [1.29, 1.82) is 0 Å². The zero-order valence-corrected chi connectivity index (χ0v) is 10.7. The fourth-order valence-electron chi connectivity index (χ4n) is 1.73. The lowest BCUT2D eigenvalue weighted by molar-refractivity contribution is 0.290. The van der Waals surface area contributed by atoms with Crippen molar-refractivity contribution < 1.29 is 9.13 Å². The van der Waals surface area contributed by atoms with Crippen LogP contribution >= 0.6 is 0 Å². The Labute approximate surface area is 107 Å². The first-order chi connectivity index (χ1) is 8.66. The van der Waals surface area contributed by atoms with Crippen molar-refractivity contribution in [3.05, 3.63) is 65.5 Å². The van der Waals surface area contributed by atoms with Crippen molar-refractivity contribution in [2.45, 2.75) is 26.4 Å². The van der Waals surface area contributed by atoms with Crippen LogP contribution in [0.15, 0.2) is 48.5 Å². The highest BCUT2D eigenvalue weighted by Gasteiger charge is 2.07. The molecule has 0 saturated heterocycles. The summed E-state index contributed by atoms with van der Waals surface area (Å²) in [5.41, 5.74) is 2.02. The minimum absolute atomic E-state index is 0.294. The molecule has 0 aliphatic heterocycles. The van der Waals surface area contributed by atoms with E-state index in [4.69, 9.17) is 4.74 Å². The second kappa shape index (κ2) is 5.67. The normalized spacial score (nSPS) is 10.7. The Balaban J connectivity index is 2.06. The molecule has 2 heteroatoms. The lowest BCUT2D eigenvalue weighted by Crippen LogP contribution is -1.98. The maximum Gasteiger partial charge on any atom is 0.165 e. The van der Waals surface area contributed by atoms with Gasteiger partial charge in [0.2, 0.25) is 0 Å². The van der Waals surface area contributed by atoms with Gasteiger partial charge in [0, 0.05) is 0 Å². The van der Waals surface area contributed by atoms with Gasteiger partial charge in [0.05, 0.1) is 0 Å². The molecule has 94 valence electrons. The maximum atomic E-state index is 13.8. The van der Waals surface area contributed by atoms with E-state index < -0.39 is 0 Å². The van der Waals surface area contributed by atoms with E-state index >= 15 is 0 Å². The van der Waals surface area contributed by atoms with Crippen LogP contribution in [0.1, 0.15) is 30.9 Å². The molecular weight excluding hydrogens is 227 g/mol. The lowest BCUT2D eigenvalue weighted by Gasteiger charge is -2.10. The van der Waals surface area contributed by atoms with Gasteiger partial charge in [0.25, 0.3) is 0 Å². The average Bonchev–Trinajstić information content (AvgIpc) is 2.38. The summed E-state index contributed by atoms with van der Waals surface area (Å²) >= 11 is 0. The van der Waals surface area contributed by atoms with Gasteiger partial charge in [0.15, 0.2) is 11.6 Å². The third-order valence-electron chi connectivity index (χ3n) is 2.86. The highest BCUT2D eigenvalue weighted by Crippen LogP contribution is 2.23. The Bertz CT molecular complexity index is 506. The first kappa shape index (κ1) is 12.6. The van der Waals surface area contributed by atoms with E-state index in [9.17, 15) is 4.39 Å².